The van der Waals surface area contributed by atoms with E-state index in [9.17, 15) is 14.0 Å². The molecule has 1 aromatic carbocycles. The fourth-order valence-electron chi connectivity index (χ4n) is 4.71. The minimum atomic E-state index is -0.554. The van der Waals surface area contributed by atoms with Gasteiger partial charge < -0.3 is 39.9 Å². The zero-order chi connectivity index (χ0) is 27.2. The number of carbonyl (C=O) groups excluding carboxylic acids is 2. The molecule has 4 N–H and O–H groups in total. The molecule has 2 bridgehead atoms. The van der Waals surface area contributed by atoms with E-state index in [0.29, 0.717) is 72.6 Å². The average Bonchev–Trinajstić information content (AvgIpc) is 3.31. The molecule has 11 nitrogen and oxygen atoms in total. The Bertz CT molecular complexity index is 1350. The van der Waals surface area contributed by atoms with E-state index in [4.69, 9.17) is 18.9 Å². The van der Waals surface area contributed by atoms with Crippen molar-refractivity contribution in [2.75, 3.05) is 58.6 Å². The number of H-pyrrole nitrogens is 1. The van der Waals surface area contributed by atoms with Gasteiger partial charge in [-0.1, -0.05) is 6.07 Å². The Morgan fingerprint density at radius 3 is 2.74 bits per heavy atom. The first kappa shape index (κ1) is 26.4. The maximum atomic E-state index is 14.6. The maximum absolute atomic E-state index is 14.6. The third-order valence-electron chi connectivity index (χ3n) is 6.52. The number of carbonyl (C=O) groups is 2. The van der Waals surface area contributed by atoms with Crippen LogP contribution in [0.3, 0.4) is 0 Å². The molecule has 1 atom stereocenters. The van der Waals surface area contributed by atoms with Crippen LogP contribution in [0.25, 0.3) is 11.3 Å². The Labute approximate surface area is 224 Å². The lowest BCUT2D eigenvalue weighted by Crippen LogP contribution is -2.38. The quantitative estimate of drug-likeness (QED) is 0.399. The fourth-order valence-corrected chi connectivity index (χ4v) is 4.71. The minimum absolute atomic E-state index is 0.00152. The summed E-state index contributed by atoms with van der Waals surface area (Å²) in [5, 5.41) is 8.97. The van der Waals surface area contributed by atoms with Crippen molar-refractivity contribution in [3.8, 4) is 22.8 Å². The molecule has 2 amide bonds. The summed E-state index contributed by atoms with van der Waals surface area (Å²) in [5.41, 5.74) is 2.80. The summed E-state index contributed by atoms with van der Waals surface area (Å²) in [7, 11) is 1.37. The first-order chi connectivity index (χ1) is 19.1. The molecule has 0 saturated heterocycles. The second kappa shape index (κ2) is 12.1. The normalized spacial score (nSPS) is 18.5. The highest BCUT2D eigenvalue weighted by atomic mass is 19.1. The summed E-state index contributed by atoms with van der Waals surface area (Å²) in [5.74, 6) is -0.926. The highest BCUT2D eigenvalue weighted by Gasteiger charge is 2.34. The number of amides is 2. The Kier molecular flexibility index (Phi) is 8.23. The second-order valence-corrected chi connectivity index (χ2v) is 9.02. The molecule has 1 unspecified atom stereocenters. The van der Waals surface area contributed by atoms with Crippen molar-refractivity contribution in [1.82, 2.24) is 20.6 Å². The molecule has 4 heterocycles. The summed E-state index contributed by atoms with van der Waals surface area (Å²) in [4.78, 5) is 33.6. The molecule has 3 aromatic rings. The Hall–Kier alpha value is -4.16. The molecular formula is C27H30FN5O6. The van der Waals surface area contributed by atoms with Crippen LogP contribution in [0.15, 0.2) is 36.7 Å². The van der Waals surface area contributed by atoms with Gasteiger partial charge in [0.25, 0.3) is 5.91 Å². The van der Waals surface area contributed by atoms with Gasteiger partial charge in [-0.3, -0.25) is 14.6 Å². The van der Waals surface area contributed by atoms with Crippen molar-refractivity contribution in [1.29, 1.82) is 0 Å². The molecule has 12 heteroatoms. The number of halogens is 1. The van der Waals surface area contributed by atoms with E-state index in [0.717, 1.165) is 0 Å². The topological polar surface area (TPSA) is 136 Å². The third-order valence-corrected chi connectivity index (χ3v) is 6.52. The van der Waals surface area contributed by atoms with E-state index in [-0.39, 0.29) is 43.1 Å². The minimum Gasteiger partial charge on any atom is -0.492 e. The van der Waals surface area contributed by atoms with Gasteiger partial charge in [-0.25, -0.2) is 4.39 Å². The van der Waals surface area contributed by atoms with Crippen molar-refractivity contribution in [2.24, 2.45) is 0 Å². The lowest BCUT2D eigenvalue weighted by atomic mass is 9.93. The van der Waals surface area contributed by atoms with Gasteiger partial charge in [0, 0.05) is 42.9 Å². The number of methoxy groups -OCH3 is 1. The Balaban J connectivity index is 1.62. The smallest absolute Gasteiger partial charge is 0.255 e. The predicted octanol–water partition coefficient (Wildman–Crippen LogP) is 2.73. The van der Waals surface area contributed by atoms with Crippen LogP contribution in [0.1, 0.15) is 28.4 Å². The molecule has 2 aliphatic heterocycles. The number of hydrogen-bond donors (Lipinski definition) is 4. The number of aromatic nitrogens is 2. The molecule has 0 spiro atoms. The zero-order valence-corrected chi connectivity index (χ0v) is 21.5. The van der Waals surface area contributed by atoms with E-state index in [1.807, 2.05) is 0 Å². The summed E-state index contributed by atoms with van der Waals surface area (Å²) >= 11 is 0. The number of anilines is 2. The van der Waals surface area contributed by atoms with Crippen LogP contribution in [0.4, 0.5) is 15.8 Å². The Morgan fingerprint density at radius 1 is 1.08 bits per heavy atom. The number of hydrogen-bond acceptors (Lipinski definition) is 8. The average molecular weight is 540 g/mol. The summed E-state index contributed by atoms with van der Waals surface area (Å²) < 4.78 is 36.9. The van der Waals surface area contributed by atoms with Crippen LogP contribution in [0.5, 0.6) is 11.5 Å². The molecular weight excluding hydrogens is 509 g/mol. The largest absolute Gasteiger partial charge is 0.492 e. The van der Waals surface area contributed by atoms with Gasteiger partial charge in [-0.05, 0) is 18.2 Å². The van der Waals surface area contributed by atoms with Gasteiger partial charge in [0.2, 0.25) is 5.91 Å². The van der Waals surface area contributed by atoms with Crippen LogP contribution in [0.2, 0.25) is 0 Å². The number of nitrogens with one attached hydrogen (secondary N) is 4. The van der Waals surface area contributed by atoms with Crippen LogP contribution in [0, 0.1) is 5.82 Å². The van der Waals surface area contributed by atoms with E-state index >= 15 is 0 Å². The lowest BCUT2D eigenvalue weighted by Gasteiger charge is -2.23. The number of benzene rings is 1. The highest BCUT2D eigenvalue weighted by Crippen LogP contribution is 2.44. The van der Waals surface area contributed by atoms with Crippen molar-refractivity contribution in [3.63, 3.8) is 0 Å². The molecule has 0 aliphatic carbocycles. The lowest BCUT2D eigenvalue weighted by molar-refractivity contribution is -0.121. The van der Waals surface area contributed by atoms with Gasteiger partial charge in [0.15, 0.2) is 11.6 Å². The van der Waals surface area contributed by atoms with Gasteiger partial charge in [0.1, 0.15) is 12.4 Å². The molecule has 2 aromatic heterocycles. The number of para-hydroxylation sites is 1. The number of rotatable bonds is 3. The molecule has 0 radical (unpaired) electrons. The molecule has 206 valence electrons. The number of fused-ring (bicyclic) bond motifs is 3. The van der Waals surface area contributed by atoms with Gasteiger partial charge in [-0.15, -0.1) is 0 Å². The highest BCUT2D eigenvalue weighted by molar-refractivity contribution is 6.07. The van der Waals surface area contributed by atoms with Crippen LogP contribution >= 0.6 is 0 Å². The number of pyridine rings is 1. The fraction of sp³-hybridized carbons (Fsp3) is 0.370. The number of ether oxygens (including phenoxy) is 4. The van der Waals surface area contributed by atoms with E-state index < -0.39 is 5.82 Å². The van der Waals surface area contributed by atoms with Crippen LogP contribution < -0.4 is 25.4 Å². The summed E-state index contributed by atoms with van der Waals surface area (Å²) in [6.07, 6.45) is 3.33. The second-order valence-electron chi connectivity index (χ2n) is 9.02. The maximum Gasteiger partial charge on any atom is 0.255 e. The van der Waals surface area contributed by atoms with E-state index in [2.05, 4.69) is 25.9 Å². The van der Waals surface area contributed by atoms with Crippen molar-refractivity contribution in [3.05, 3.63) is 53.7 Å². The monoisotopic (exact) mass is 539 g/mol. The first-order valence-electron chi connectivity index (χ1n) is 12.7. The molecule has 5 rings (SSSR count). The predicted molar refractivity (Wildman–Crippen MR) is 140 cm³/mol. The summed E-state index contributed by atoms with van der Waals surface area (Å²) in [6.45, 7) is 2.36. The van der Waals surface area contributed by atoms with Crippen molar-refractivity contribution < 1.29 is 32.9 Å². The van der Waals surface area contributed by atoms with Gasteiger partial charge in [-0.2, -0.15) is 0 Å². The van der Waals surface area contributed by atoms with Gasteiger partial charge in [0.05, 0.1) is 62.4 Å². The number of nitrogens with zero attached hydrogens (tertiary/aromatic N) is 1. The standard InChI is InChI=1S/C27H30FN5O6/c1-36-26-18(28)3-2-4-19(26)32-25-22-23-16(14-31-27(22)35)13-21(34)30-7-8-37-9-10-38-11-12-39-20-15-29-6-5-17(20)24(25)33-23/h2-6,15-16,32-33H,7-14H2,1H3,(H,30,34)(H,31,35). The summed E-state index contributed by atoms with van der Waals surface area (Å²) in [6, 6.07) is 6.25. The zero-order valence-electron chi connectivity index (χ0n) is 21.5. The van der Waals surface area contributed by atoms with Crippen molar-refractivity contribution in [2.45, 2.75) is 12.3 Å². The van der Waals surface area contributed by atoms with Gasteiger partial charge >= 0.3 is 0 Å². The van der Waals surface area contributed by atoms with Crippen LogP contribution in [-0.4, -0.2) is 75.0 Å². The number of aromatic amines is 1. The van der Waals surface area contributed by atoms with Crippen LogP contribution in [-0.2, 0) is 14.3 Å². The Morgan fingerprint density at radius 2 is 1.90 bits per heavy atom. The first-order valence-corrected chi connectivity index (χ1v) is 12.7. The third kappa shape index (κ3) is 5.81. The molecule has 39 heavy (non-hydrogen) atoms. The van der Waals surface area contributed by atoms with E-state index in [1.165, 1.54) is 13.2 Å². The van der Waals surface area contributed by atoms with Crippen molar-refractivity contribution >= 4 is 23.2 Å². The molecule has 0 saturated carbocycles. The molecule has 2 aliphatic rings. The molecule has 0 fully saturated rings. The van der Waals surface area contributed by atoms with E-state index in [1.54, 1.807) is 30.6 Å². The SMILES string of the molecule is COc1c(F)cccc1Nc1c2[nH]c3c1C(=O)NCC3CC(=O)NCCOCCOCCOc1cnccc1-2.